The van der Waals surface area contributed by atoms with Gasteiger partial charge in [0.05, 0.1) is 5.69 Å². The van der Waals surface area contributed by atoms with Crippen molar-refractivity contribution in [1.82, 2.24) is 19.8 Å². The minimum absolute atomic E-state index is 0.0636. The maximum Gasteiger partial charge on any atom is 0.453 e. The van der Waals surface area contributed by atoms with E-state index in [2.05, 4.69) is 15.3 Å². The van der Waals surface area contributed by atoms with Crippen LogP contribution in [0.1, 0.15) is 11.4 Å². The Balaban J connectivity index is 2.19. The first-order valence-electron chi connectivity index (χ1n) is 5.82. The van der Waals surface area contributed by atoms with E-state index in [-0.39, 0.29) is 5.65 Å². The summed E-state index contributed by atoms with van der Waals surface area (Å²) in [5.74, 6) is -1.12. The molecule has 3 rings (SSSR count). The number of hydrogen-bond acceptors (Lipinski definition) is 3. The molecule has 2 aromatic heterocycles. The van der Waals surface area contributed by atoms with Gasteiger partial charge in [-0.1, -0.05) is 23.8 Å². The zero-order valence-electron chi connectivity index (χ0n) is 10.4. The third kappa shape index (κ3) is 2.11. The van der Waals surface area contributed by atoms with Crippen LogP contribution in [-0.4, -0.2) is 19.8 Å². The third-order valence-electron chi connectivity index (χ3n) is 2.83. The molecule has 0 aliphatic heterocycles. The van der Waals surface area contributed by atoms with Crippen molar-refractivity contribution in [2.75, 3.05) is 0 Å². The Morgan fingerprint density at radius 2 is 1.85 bits per heavy atom. The molecule has 0 saturated carbocycles. The maximum absolute atomic E-state index is 12.8. The Morgan fingerprint density at radius 1 is 1.05 bits per heavy atom. The Bertz CT molecular complexity index is 777. The SMILES string of the molecule is Cc1cccc(-c2ccc3nnc(C(F)(F)F)n3n2)c1. The van der Waals surface area contributed by atoms with Crippen LogP contribution in [0.2, 0.25) is 0 Å². The number of rotatable bonds is 1. The van der Waals surface area contributed by atoms with Crippen LogP contribution < -0.4 is 0 Å². The summed E-state index contributed by atoms with van der Waals surface area (Å²) < 4.78 is 39.1. The summed E-state index contributed by atoms with van der Waals surface area (Å²) in [6, 6.07) is 10.5. The fraction of sp³-hybridized carbons (Fsp3) is 0.154. The molecular formula is C13H9F3N4. The van der Waals surface area contributed by atoms with Crippen LogP contribution in [0.3, 0.4) is 0 Å². The number of aryl methyl sites for hydroxylation is 1. The van der Waals surface area contributed by atoms with Gasteiger partial charge in [-0.25, -0.2) is 0 Å². The van der Waals surface area contributed by atoms with Gasteiger partial charge in [0.2, 0.25) is 0 Å². The summed E-state index contributed by atoms with van der Waals surface area (Å²) in [5.41, 5.74) is 2.25. The van der Waals surface area contributed by atoms with Crippen LogP contribution in [0, 0.1) is 6.92 Å². The molecule has 102 valence electrons. The average molecular weight is 278 g/mol. The molecule has 0 amide bonds. The molecule has 0 unspecified atom stereocenters. The highest BCUT2D eigenvalue weighted by Crippen LogP contribution is 2.28. The van der Waals surface area contributed by atoms with Gasteiger partial charge >= 0.3 is 6.18 Å². The van der Waals surface area contributed by atoms with Crippen LogP contribution in [0.4, 0.5) is 13.2 Å². The van der Waals surface area contributed by atoms with Crippen molar-refractivity contribution in [2.45, 2.75) is 13.1 Å². The summed E-state index contributed by atoms with van der Waals surface area (Å²) in [6.45, 7) is 1.90. The standard InChI is InChI=1S/C13H9F3N4/c1-8-3-2-4-9(7-8)10-5-6-11-17-18-12(13(14,15)16)20(11)19-10/h2-7H,1H3. The van der Waals surface area contributed by atoms with Gasteiger partial charge in [0, 0.05) is 5.56 Å². The molecule has 0 aliphatic carbocycles. The van der Waals surface area contributed by atoms with Gasteiger partial charge in [0.1, 0.15) is 0 Å². The molecule has 3 aromatic rings. The van der Waals surface area contributed by atoms with E-state index < -0.39 is 12.0 Å². The van der Waals surface area contributed by atoms with Crippen molar-refractivity contribution in [2.24, 2.45) is 0 Å². The molecule has 0 aliphatic rings. The average Bonchev–Trinajstić information content (AvgIpc) is 2.81. The summed E-state index contributed by atoms with van der Waals surface area (Å²) in [7, 11) is 0. The topological polar surface area (TPSA) is 43.1 Å². The number of aromatic nitrogens is 4. The minimum atomic E-state index is -4.59. The quantitative estimate of drug-likeness (QED) is 0.687. The Labute approximate surface area is 111 Å². The molecule has 0 spiro atoms. The molecule has 0 N–H and O–H groups in total. The monoisotopic (exact) mass is 278 g/mol. The van der Waals surface area contributed by atoms with Crippen molar-refractivity contribution >= 4 is 5.65 Å². The molecule has 0 atom stereocenters. The Hall–Kier alpha value is -2.44. The van der Waals surface area contributed by atoms with Crippen molar-refractivity contribution in [3.05, 3.63) is 47.8 Å². The smallest absolute Gasteiger partial charge is 0.188 e. The van der Waals surface area contributed by atoms with Gasteiger partial charge in [0.15, 0.2) is 5.65 Å². The molecule has 1 aromatic carbocycles. The molecule has 0 fully saturated rings. The van der Waals surface area contributed by atoms with E-state index in [9.17, 15) is 13.2 Å². The summed E-state index contributed by atoms with van der Waals surface area (Å²) in [4.78, 5) is 0. The van der Waals surface area contributed by atoms with Gasteiger partial charge in [-0.15, -0.1) is 10.2 Å². The number of fused-ring (bicyclic) bond motifs is 1. The van der Waals surface area contributed by atoms with Gasteiger partial charge < -0.3 is 0 Å². The predicted octanol–water partition coefficient (Wildman–Crippen LogP) is 3.12. The summed E-state index contributed by atoms with van der Waals surface area (Å²) >= 11 is 0. The normalized spacial score (nSPS) is 12.0. The van der Waals surface area contributed by atoms with Gasteiger partial charge in [-0.3, -0.25) is 0 Å². The number of benzene rings is 1. The largest absolute Gasteiger partial charge is 0.453 e. The zero-order chi connectivity index (χ0) is 14.3. The maximum atomic E-state index is 12.8. The van der Waals surface area contributed by atoms with E-state index in [4.69, 9.17) is 0 Å². The van der Waals surface area contributed by atoms with Crippen molar-refractivity contribution in [3.63, 3.8) is 0 Å². The van der Waals surface area contributed by atoms with Crippen molar-refractivity contribution in [3.8, 4) is 11.3 Å². The van der Waals surface area contributed by atoms with E-state index in [0.717, 1.165) is 15.6 Å². The lowest BCUT2D eigenvalue weighted by Crippen LogP contribution is -2.12. The number of nitrogens with zero attached hydrogens (tertiary/aromatic N) is 4. The number of halogens is 3. The van der Waals surface area contributed by atoms with E-state index in [0.29, 0.717) is 5.69 Å². The van der Waals surface area contributed by atoms with Gasteiger partial charge in [-0.05, 0) is 25.1 Å². The number of alkyl halides is 3. The van der Waals surface area contributed by atoms with Crippen LogP contribution in [-0.2, 0) is 6.18 Å². The van der Waals surface area contributed by atoms with Crippen LogP contribution in [0.5, 0.6) is 0 Å². The Kier molecular flexibility index (Phi) is 2.70. The predicted molar refractivity (Wildman–Crippen MR) is 66.0 cm³/mol. The Morgan fingerprint density at radius 3 is 2.55 bits per heavy atom. The van der Waals surface area contributed by atoms with E-state index >= 15 is 0 Å². The van der Waals surface area contributed by atoms with Gasteiger partial charge in [0.25, 0.3) is 5.82 Å². The second-order valence-corrected chi connectivity index (χ2v) is 4.38. The molecule has 2 heterocycles. The molecule has 4 nitrogen and oxygen atoms in total. The van der Waals surface area contributed by atoms with E-state index in [1.165, 1.54) is 6.07 Å². The lowest BCUT2D eigenvalue weighted by molar-refractivity contribution is -0.146. The van der Waals surface area contributed by atoms with E-state index in [1.807, 2.05) is 25.1 Å². The first-order chi connectivity index (χ1) is 9.45. The van der Waals surface area contributed by atoms with Crippen LogP contribution in [0.15, 0.2) is 36.4 Å². The zero-order valence-corrected chi connectivity index (χ0v) is 10.4. The lowest BCUT2D eigenvalue weighted by Gasteiger charge is -2.05. The first-order valence-corrected chi connectivity index (χ1v) is 5.82. The summed E-state index contributed by atoms with van der Waals surface area (Å²) in [6.07, 6.45) is -4.59. The van der Waals surface area contributed by atoms with Crippen molar-refractivity contribution in [1.29, 1.82) is 0 Å². The van der Waals surface area contributed by atoms with E-state index in [1.54, 1.807) is 12.1 Å². The van der Waals surface area contributed by atoms with Gasteiger partial charge in [-0.2, -0.15) is 22.8 Å². The highest BCUT2D eigenvalue weighted by Gasteiger charge is 2.37. The first kappa shape index (κ1) is 12.6. The molecule has 0 radical (unpaired) electrons. The number of hydrogen-bond donors (Lipinski definition) is 0. The second kappa shape index (κ2) is 4.29. The van der Waals surface area contributed by atoms with Crippen molar-refractivity contribution < 1.29 is 13.2 Å². The molecular weight excluding hydrogens is 269 g/mol. The van der Waals surface area contributed by atoms with Crippen LogP contribution >= 0.6 is 0 Å². The second-order valence-electron chi connectivity index (χ2n) is 4.38. The minimum Gasteiger partial charge on any atom is -0.188 e. The molecule has 0 saturated heterocycles. The molecule has 7 heteroatoms. The molecule has 20 heavy (non-hydrogen) atoms. The lowest BCUT2D eigenvalue weighted by atomic mass is 10.1. The fourth-order valence-electron chi connectivity index (χ4n) is 1.92. The third-order valence-corrected chi connectivity index (χ3v) is 2.83. The molecule has 0 bridgehead atoms. The summed E-state index contributed by atoms with van der Waals surface area (Å²) in [5, 5.41) is 10.6. The highest BCUT2D eigenvalue weighted by molar-refractivity contribution is 5.61. The van der Waals surface area contributed by atoms with Crippen LogP contribution in [0.25, 0.3) is 16.9 Å². The highest BCUT2D eigenvalue weighted by atomic mass is 19.4. The fourth-order valence-corrected chi connectivity index (χ4v) is 1.92.